The summed E-state index contributed by atoms with van der Waals surface area (Å²) in [6, 6.07) is 11.2. The molecule has 1 aromatic carbocycles. The van der Waals surface area contributed by atoms with Gasteiger partial charge in [-0.2, -0.15) is 5.10 Å². The molecule has 1 aliphatic rings. The first-order valence-corrected chi connectivity index (χ1v) is 8.77. The highest BCUT2D eigenvalue weighted by Crippen LogP contribution is 2.22. The van der Waals surface area contributed by atoms with E-state index >= 15 is 0 Å². The van der Waals surface area contributed by atoms with Crippen molar-refractivity contribution in [2.75, 3.05) is 5.01 Å². The van der Waals surface area contributed by atoms with E-state index in [1.54, 1.807) is 23.5 Å². The molecular weight excluding hydrogens is 378 g/mol. The molecule has 0 aliphatic carbocycles. The minimum absolute atomic E-state index is 0.109. The minimum Gasteiger partial charge on any atom is -0.346 e. The average Bonchev–Trinajstić information content (AvgIpc) is 3.07. The normalized spacial score (nSPS) is 14.6. The first-order chi connectivity index (χ1) is 11.1. The lowest BCUT2D eigenvalue weighted by Gasteiger charge is -2.23. The number of hydrogen-bond donors (Lipinski definition) is 1. The molecule has 0 atom stereocenters. The Morgan fingerprint density at radius 1 is 1.26 bits per heavy atom. The van der Waals surface area contributed by atoms with Gasteiger partial charge in [-0.3, -0.25) is 9.59 Å². The fourth-order valence-electron chi connectivity index (χ4n) is 2.18. The van der Waals surface area contributed by atoms with Gasteiger partial charge in [0.1, 0.15) is 5.71 Å². The van der Waals surface area contributed by atoms with Gasteiger partial charge in [0.25, 0.3) is 5.91 Å². The van der Waals surface area contributed by atoms with E-state index in [0.29, 0.717) is 24.4 Å². The topological polar surface area (TPSA) is 61.8 Å². The summed E-state index contributed by atoms with van der Waals surface area (Å²) < 4.78 is 0.920. The third-order valence-corrected chi connectivity index (χ3v) is 4.77. The first kappa shape index (κ1) is 15.9. The van der Waals surface area contributed by atoms with Crippen LogP contribution in [-0.2, 0) is 16.1 Å². The second-order valence-corrected chi connectivity index (χ2v) is 6.94. The monoisotopic (exact) mass is 391 g/mol. The van der Waals surface area contributed by atoms with Gasteiger partial charge in [0, 0.05) is 22.2 Å². The molecule has 2 amide bonds. The number of amides is 2. The molecule has 0 fully saturated rings. The van der Waals surface area contributed by atoms with Crippen molar-refractivity contribution in [3.63, 3.8) is 0 Å². The summed E-state index contributed by atoms with van der Waals surface area (Å²) in [5.41, 5.74) is 1.03. The van der Waals surface area contributed by atoms with Crippen molar-refractivity contribution in [3.05, 3.63) is 51.1 Å². The molecule has 3 rings (SSSR count). The molecule has 1 aromatic heterocycles. The maximum Gasteiger partial charge on any atom is 0.267 e. The molecule has 2 heterocycles. The third kappa shape index (κ3) is 3.86. The molecule has 23 heavy (non-hydrogen) atoms. The van der Waals surface area contributed by atoms with Crippen LogP contribution in [0, 0.1) is 0 Å². The van der Waals surface area contributed by atoms with Crippen LogP contribution in [0.3, 0.4) is 0 Å². The van der Waals surface area contributed by atoms with Crippen LogP contribution in [0.2, 0.25) is 0 Å². The van der Waals surface area contributed by atoms with Gasteiger partial charge in [-0.05, 0) is 35.7 Å². The Hall–Kier alpha value is -1.99. The molecule has 118 valence electrons. The number of nitrogens with one attached hydrogen (secondary N) is 1. The number of hydrogen-bond acceptors (Lipinski definition) is 4. The number of thiophene rings is 1. The van der Waals surface area contributed by atoms with Crippen molar-refractivity contribution in [3.8, 4) is 0 Å². The van der Waals surface area contributed by atoms with Crippen LogP contribution in [0.25, 0.3) is 0 Å². The number of carbonyl (C=O) groups excluding carboxylic acids is 2. The number of carbonyl (C=O) groups is 2. The van der Waals surface area contributed by atoms with Gasteiger partial charge >= 0.3 is 0 Å². The van der Waals surface area contributed by atoms with Gasteiger partial charge in [-0.25, -0.2) is 5.01 Å². The molecule has 1 aliphatic heterocycles. The Morgan fingerprint density at radius 3 is 2.74 bits per heavy atom. The zero-order chi connectivity index (χ0) is 16.2. The number of halogens is 1. The standard InChI is InChI=1S/C16H14BrN3O2S/c17-11-3-5-12(6-4-11)20-15(21)8-7-14(19-20)16(22)18-10-13-2-1-9-23-13/h1-6,9H,7-8,10H2,(H,18,22). The molecular formula is C16H14BrN3O2S. The highest BCUT2D eigenvalue weighted by molar-refractivity contribution is 9.10. The quantitative estimate of drug-likeness (QED) is 0.868. The van der Waals surface area contributed by atoms with Gasteiger partial charge < -0.3 is 5.32 Å². The first-order valence-electron chi connectivity index (χ1n) is 7.10. The van der Waals surface area contributed by atoms with Crippen molar-refractivity contribution < 1.29 is 9.59 Å². The smallest absolute Gasteiger partial charge is 0.267 e. The molecule has 0 unspecified atom stereocenters. The SMILES string of the molecule is O=C(NCc1cccs1)C1=NN(c2ccc(Br)cc2)C(=O)CC1. The molecule has 0 saturated heterocycles. The Bertz CT molecular complexity index is 741. The molecule has 5 nitrogen and oxygen atoms in total. The van der Waals surface area contributed by atoms with Crippen molar-refractivity contribution in [1.29, 1.82) is 0 Å². The molecule has 7 heteroatoms. The lowest BCUT2D eigenvalue weighted by atomic mass is 10.1. The van der Waals surface area contributed by atoms with Crippen LogP contribution in [0.15, 0.2) is 51.4 Å². The van der Waals surface area contributed by atoms with Crippen LogP contribution in [-0.4, -0.2) is 17.5 Å². The van der Waals surface area contributed by atoms with Crippen LogP contribution in [0.5, 0.6) is 0 Å². The highest BCUT2D eigenvalue weighted by Gasteiger charge is 2.25. The van der Waals surface area contributed by atoms with Crippen molar-refractivity contribution in [1.82, 2.24) is 5.32 Å². The summed E-state index contributed by atoms with van der Waals surface area (Å²) in [7, 11) is 0. The van der Waals surface area contributed by atoms with Gasteiger partial charge in [-0.15, -0.1) is 11.3 Å². The van der Waals surface area contributed by atoms with E-state index in [-0.39, 0.29) is 18.2 Å². The van der Waals surface area contributed by atoms with Crippen molar-refractivity contribution in [2.24, 2.45) is 5.10 Å². The summed E-state index contributed by atoms with van der Waals surface area (Å²) in [4.78, 5) is 25.4. The Morgan fingerprint density at radius 2 is 2.04 bits per heavy atom. The second-order valence-electron chi connectivity index (χ2n) is 4.99. The molecule has 2 aromatic rings. The molecule has 0 bridgehead atoms. The molecule has 0 spiro atoms. The Labute approximate surface area is 146 Å². The maximum absolute atomic E-state index is 12.2. The summed E-state index contributed by atoms with van der Waals surface area (Å²) in [5.74, 6) is -0.338. The van der Waals surface area contributed by atoms with E-state index in [4.69, 9.17) is 0 Å². The second kappa shape index (κ2) is 7.06. The maximum atomic E-state index is 12.2. The summed E-state index contributed by atoms with van der Waals surface area (Å²) >= 11 is 4.94. The summed E-state index contributed by atoms with van der Waals surface area (Å²) in [6.45, 7) is 0.474. The number of anilines is 1. The summed E-state index contributed by atoms with van der Waals surface area (Å²) in [6.07, 6.45) is 0.642. The minimum atomic E-state index is -0.229. The fraction of sp³-hybridized carbons (Fsp3) is 0.188. The predicted molar refractivity (Wildman–Crippen MR) is 94.5 cm³/mol. The van der Waals surface area contributed by atoms with E-state index in [1.807, 2.05) is 29.6 Å². The van der Waals surface area contributed by atoms with Crippen molar-refractivity contribution in [2.45, 2.75) is 19.4 Å². The largest absolute Gasteiger partial charge is 0.346 e. The summed E-state index contributed by atoms with van der Waals surface area (Å²) in [5, 5.41) is 10.4. The zero-order valence-corrected chi connectivity index (χ0v) is 14.6. The number of benzene rings is 1. The van der Waals surface area contributed by atoms with Gasteiger partial charge in [0.05, 0.1) is 12.2 Å². The predicted octanol–water partition coefficient (Wildman–Crippen LogP) is 3.31. The van der Waals surface area contributed by atoms with E-state index < -0.39 is 0 Å². The lowest BCUT2D eigenvalue weighted by Crippen LogP contribution is -2.38. The van der Waals surface area contributed by atoms with Crippen LogP contribution < -0.4 is 10.3 Å². The van der Waals surface area contributed by atoms with Gasteiger partial charge in [0.15, 0.2) is 0 Å². The van der Waals surface area contributed by atoms with E-state index in [2.05, 4.69) is 26.3 Å². The van der Waals surface area contributed by atoms with Crippen molar-refractivity contribution >= 4 is 50.5 Å². The number of hydrazone groups is 1. The molecule has 1 N–H and O–H groups in total. The average molecular weight is 392 g/mol. The Kier molecular flexibility index (Phi) is 4.88. The van der Waals surface area contributed by atoms with Gasteiger partial charge in [0.2, 0.25) is 5.91 Å². The van der Waals surface area contributed by atoms with E-state index in [0.717, 1.165) is 9.35 Å². The number of rotatable bonds is 4. The third-order valence-electron chi connectivity index (χ3n) is 3.37. The molecule has 0 saturated carbocycles. The van der Waals surface area contributed by atoms with Crippen LogP contribution >= 0.6 is 27.3 Å². The number of nitrogens with zero attached hydrogens (tertiary/aromatic N) is 2. The molecule has 0 radical (unpaired) electrons. The van der Waals surface area contributed by atoms with Gasteiger partial charge in [-0.1, -0.05) is 22.0 Å². The highest BCUT2D eigenvalue weighted by atomic mass is 79.9. The van der Waals surface area contributed by atoms with Crippen LogP contribution in [0.1, 0.15) is 17.7 Å². The zero-order valence-electron chi connectivity index (χ0n) is 12.2. The lowest BCUT2D eigenvalue weighted by molar-refractivity contribution is -0.118. The van der Waals surface area contributed by atoms with E-state index in [1.165, 1.54) is 5.01 Å². The van der Waals surface area contributed by atoms with Crippen LogP contribution in [0.4, 0.5) is 5.69 Å². The Balaban J connectivity index is 1.73. The fourth-order valence-corrected chi connectivity index (χ4v) is 3.09. The van der Waals surface area contributed by atoms with E-state index in [9.17, 15) is 9.59 Å².